The molecule has 2 aliphatic rings. The lowest BCUT2D eigenvalue weighted by molar-refractivity contribution is -0.122. The summed E-state index contributed by atoms with van der Waals surface area (Å²) in [5, 5.41) is 2.99. The topological polar surface area (TPSA) is 49.4 Å². The van der Waals surface area contributed by atoms with Crippen molar-refractivity contribution in [1.29, 1.82) is 0 Å². The van der Waals surface area contributed by atoms with Gasteiger partial charge in [-0.2, -0.15) is 0 Å². The average molecular weight is 320 g/mol. The monoisotopic (exact) mass is 320 g/mol. The fraction of sp³-hybridized carbons (Fsp3) is 0.300. The minimum atomic E-state index is -0.300. The Hall–Kier alpha value is -2.62. The van der Waals surface area contributed by atoms with Crippen LogP contribution < -0.4 is 10.2 Å². The number of hydrogen-bond acceptors (Lipinski definition) is 2. The fourth-order valence-corrected chi connectivity index (χ4v) is 3.63. The molecule has 24 heavy (non-hydrogen) atoms. The molecule has 1 heterocycles. The summed E-state index contributed by atoms with van der Waals surface area (Å²) in [5.74, 6) is -0.360. The molecule has 0 spiro atoms. The van der Waals surface area contributed by atoms with Crippen molar-refractivity contribution in [2.75, 3.05) is 16.8 Å². The predicted molar refractivity (Wildman–Crippen MR) is 94.0 cm³/mol. The second-order valence-electron chi connectivity index (χ2n) is 6.57. The van der Waals surface area contributed by atoms with Gasteiger partial charge in [0.2, 0.25) is 11.8 Å². The molecule has 1 saturated heterocycles. The van der Waals surface area contributed by atoms with E-state index in [-0.39, 0.29) is 24.2 Å². The van der Waals surface area contributed by atoms with E-state index in [1.807, 2.05) is 36.4 Å². The van der Waals surface area contributed by atoms with Gasteiger partial charge in [0.05, 0.1) is 5.92 Å². The highest BCUT2D eigenvalue weighted by Gasteiger charge is 2.35. The van der Waals surface area contributed by atoms with E-state index in [0.29, 0.717) is 6.54 Å². The van der Waals surface area contributed by atoms with Crippen molar-refractivity contribution in [3.63, 3.8) is 0 Å². The number of rotatable bonds is 3. The number of carbonyl (C=O) groups excluding carboxylic acids is 2. The van der Waals surface area contributed by atoms with Gasteiger partial charge in [-0.3, -0.25) is 9.59 Å². The van der Waals surface area contributed by atoms with Gasteiger partial charge in [0.15, 0.2) is 0 Å². The quantitative estimate of drug-likeness (QED) is 0.944. The first-order chi connectivity index (χ1) is 11.7. The molecule has 1 fully saturated rings. The third kappa shape index (κ3) is 2.80. The normalized spacial score (nSPS) is 19.4. The summed E-state index contributed by atoms with van der Waals surface area (Å²) in [4.78, 5) is 26.5. The summed E-state index contributed by atoms with van der Waals surface area (Å²) < 4.78 is 0. The Morgan fingerprint density at radius 3 is 2.67 bits per heavy atom. The van der Waals surface area contributed by atoms with Crippen LogP contribution in [0.5, 0.6) is 0 Å². The highest BCUT2D eigenvalue weighted by Crippen LogP contribution is 2.28. The van der Waals surface area contributed by atoms with Crippen molar-refractivity contribution in [1.82, 2.24) is 0 Å². The summed E-state index contributed by atoms with van der Waals surface area (Å²) in [5.41, 5.74) is 4.42. The van der Waals surface area contributed by atoms with Gasteiger partial charge >= 0.3 is 0 Å². The van der Waals surface area contributed by atoms with E-state index in [0.717, 1.165) is 24.2 Å². The number of aryl methyl sites for hydroxylation is 2. The van der Waals surface area contributed by atoms with Crippen molar-refractivity contribution in [3.05, 3.63) is 59.7 Å². The number of amides is 2. The van der Waals surface area contributed by atoms with Crippen LogP contribution in [-0.4, -0.2) is 18.4 Å². The number of para-hydroxylation sites is 1. The molecule has 1 atom stereocenters. The Labute approximate surface area is 141 Å². The summed E-state index contributed by atoms with van der Waals surface area (Å²) in [7, 11) is 0. The lowest BCUT2D eigenvalue weighted by Crippen LogP contribution is -2.28. The first kappa shape index (κ1) is 14.9. The lowest BCUT2D eigenvalue weighted by Gasteiger charge is -2.16. The van der Waals surface area contributed by atoms with E-state index in [4.69, 9.17) is 0 Å². The molecule has 2 amide bonds. The van der Waals surface area contributed by atoms with Crippen molar-refractivity contribution in [3.8, 4) is 0 Å². The molecular formula is C20H20N2O2. The molecular weight excluding hydrogens is 300 g/mol. The predicted octanol–water partition coefficient (Wildman–Crippen LogP) is 3.17. The first-order valence-corrected chi connectivity index (χ1v) is 8.49. The Bertz CT molecular complexity index is 785. The zero-order valence-electron chi connectivity index (χ0n) is 13.5. The van der Waals surface area contributed by atoms with E-state index >= 15 is 0 Å². The van der Waals surface area contributed by atoms with E-state index < -0.39 is 0 Å². The van der Waals surface area contributed by atoms with Crippen LogP contribution in [0, 0.1) is 5.92 Å². The highest BCUT2D eigenvalue weighted by atomic mass is 16.2. The summed E-state index contributed by atoms with van der Waals surface area (Å²) >= 11 is 0. The Morgan fingerprint density at radius 1 is 1.04 bits per heavy atom. The Morgan fingerprint density at radius 2 is 1.83 bits per heavy atom. The fourth-order valence-electron chi connectivity index (χ4n) is 3.63. The SMILES string of the molecule is O=C(Nc1ccc2c(c1)CCC2)C1CC(=O)N(c2ccccc2)C1. The molecule has 1 N–H and O–H groups in total. The molecule has 1 aliphatic carbocycles. The third-order valence-corrected chi connectivity index (χ3v) is 4.93. The van der Waals surface area contributed by atoms with Crippen LogP contribution in [-0.2, 0) is 22.4 Å². The number of carbonyl (C=O) groups is 2. The Kier molecular flexibility index (Phi) is 3.81. The van der Waals surface area contributed by atoms with Crippen LogP contribution in [0.25, 0.3) is 0 Å². The molecule has 1 aliphatic heterocycles. The maximum Gasteiger partial charge on any atom is 0.229 e. The van der Waals surface area contributed by atoms with E-state index in [9.17, 15) is 9.59 Å². The summed E-state index contributed by atoms with van der Waals surface area (Å²) in [6.07, 6.45) is 3.68. The van der Waals surface area contributed by atoms with E-state index in [1.165, 1.54) is 17.5 Å². The van der Waals surface area contributed by atoms with Gasteiger partial charge in [0.1, 0.15) is 0 Å². The van der Waals surface area contributed by atoms with Crippen molar-refractivity contribution < 1.29 is 9.59 Å². The summed E-state index contributed by atoms with van der Waals surface area (Å²) in [6, 6.07) is 15.7. The number of fused-ring (bicyclic) bond motifs is 1. The number of benzene rings is 2. The minimum absolute atomic E-state index is 0.00954. The molecule has 2 aromatic carbocycles. The van der Waals surface area contributed by atoms with Crippen molar-refractivity contribution >= 4 is 23.2 Å². The molecule has 4 rings (SSSR count). The zero-order valence-corrected chi connectivity index (χ0v) is 13.5. The van der Waals surface area contributed by atoms with Crippen molar-refractivity contribution in [2.24, 2.45) is 5.92 Å². The van der Waals surface area contributed by atoms with Crippen LogP contribution >= 0.6 is 0 Å². The van der Waals surface area contributed by atoms with Crippen LogP contribution in [0.2, 0.25) is 0 Å². The zero-order chi connectivity index (χ0) is 16.5. The average Bonchev–Trinajstić information content (AvgIpc) is 3.21. The van der Waals surface area contributed by atoms with Crippen LogP contribution in [0.3, 0.4) is 0 Å². The maximum atomic E-state index is 12.5. The smallest absolute Gasteiger partial charge is 0.229 e. The largest absolute Gasteiger partial charge is 0.326 e. The maximum absolute atomic E-state index is 12.5. The molecule has 0 radical (unpaired) electrons. The van der Waals surface area contributed by atoms with Gasteiger partial charge in [-0.15, -0.1) is 0 Å². The van der Waals surface area contributed by atoms with Crippen LogP contribution in [0.15, 0.2) is 48.5 Å². The van der Waals surface area contributed by atoms with Crippen LogP contribution in [0.1, 0.15) is 24.0 Å². The molecule has 0 bridgehead atoms. The molecule has 0 saturated carbocycles. The minimum Gasteiger partial charge on any atom is -0.326 e. The van der Waals surface area contributed by atoms with Gasteiger partial charge < -0.3 is 10.2 Å². The molecule has 4 heteroatoms. The van der Waals surface area contributed by atoms with Crippen LogP contribution in [0.4, 0.5) is 11.4 Å². The lowest BCUT2D eigenvalue weighted by atomic mass is 10.1. The molecule has 2 aromatic rings. The van der Waals surface area contributed by atoms with Gasteiger partial charge in [-0.25, -0.2) is 0 Å². The summed E-state index contributed by atoms with van der Waals surface area (Å²) in [6.45, 7) is 0.444. The molecule has 4 nitrogen and oxygen atoms in total. The molecule has 1 unspecified atom stereocenters. The third-order valence-electron chi connectivity index (χ3n) is 4.93. The van der Waals surface area contributed by atoms with Gasteiger partial charge in [-0.1, -0.05) is 24.3 Å². The van der Waals surface area contributed by atoms with Gasteiger partial charge in [0, 0.05) is 24.3 Å². The second-order valence-corrected chi connectivity index (χ2v) is 6.57. The first-order valence-electron chi connectivity index (χ1n) is 8.49. The van der Waals surface area contributed by atoms with E-state index in [2.05, 4.69) is 17.4 Å². The Balaban J connectivity index is 1.45. The standard InChI is InChI=1S/C20H20N2O2/c23-19-12-16(13-22(19)18-7-2-1-3-8-18)20(24)21-17-10-9-14-5-4-6-15(14)11-17/h1-3,7-11,16H,4-6,12-13H2,(H,21,24). The van der Waals surface area contributed by atoms with E-state index in [1.54, 1.807) is 4.90 Å². The molecule has 122 valence electrons. The number of anilines is 2. The number of nitrogens with zero attached hydrogens (tertiary/aromatic N) is 1. The van der Waals surface area contributed by atoms with Gasteiger partial charge in [-0.05, 0) is 54.7 Å². The second kappa shape index (κ2) is 6.11. The number of nitrogens with one attached hydrogen (secondary N) is 1. The number of hydrogen-bond donors (Lipinski definition) is 1. The van der Waals surface area contributed by atoms with Crippen molar-refractivity contribution in [2.45, 2.75) is 25.7 Å². The van der Waals surface area contributed by atoms with Gasteiger partial charge in [0.25, 0.3) is 0 Å². The highest BCUT2D eigenvalue weighted by molar-refractivity contribution is 6.03. The molecule has 0 aromatic heterocycles.